The lowest BCUT2D eigenvalue weighted by Gasteiger charge is -1.98. The molecule has 0 radical (unpaired) electrons. The summed E-state index contributed by atoms with van der Waals surface area (Å²) in [5, 5.41) is 0.587. The average Bonchev–Trinajstić information content (AvgIpc) is 2.33. The van der Waals surface area contributed by atoms with Crippen molar-refractivity contribution in [3.63, 3.8) is 0 Å². The fraction of sp³-hybridized carbons (Fsp3) is 0.375. The highest BCUT2D eigenvalue weighted by atomic mass is 127. The molecule has 0 unspecified atom stereocenters. The van der Waals surface area contributed by atoms with E-state index < -0.39 is 0 Å². The van der Waals surface area contributed by atoms with E-state index in [-0.39, 0.29) is 5.97 Å². The summed E-state index contributed by atoms with van der Waals surface area (Å²) in [6, 6.07) is 0. The first kappa shape index (κ1) is 10.8. The van der Waals surface area contributed by atoms with E-state index in [1.165, 1.54) is 0 Å². The Hall–Kier alpha value is -0.230. The van der Waals surface area contributed by atoms with Gasteiger partial charge in [0.1, 0.15) is 5.69 Å². The van der Waals surface area contributed by atoms with Gasteiger partial charge in [0.25, 0.3) is 0 Å². The van der Waals surface area contributed by atoms with E-state index in [1.54, 1.807) is 6.92 Å². The standard InChI is InChI=1S/C8H9ClINO2/c1-3-13-8(12)7-6(10)5(9)4(2)11-7/h11H,3H2,1-2H3. The molecular formula is C8H9ClINO2. The molecule has 0 bridgehead atoms. The lowest BCUT2D eigenvalue weighted by Crippen LogP contribution is -2.06. The molecule has 0 amide bonds. The van der Waals surface area contributed by atoms with Crippen LogP contribution in [0.1, 0.15) is 23.1 Å². The van der Waals surface area contributed by atoms with Crippen molar-refractivity contribution in [2.45, 2.75) is 13.8 Å². The van der Waals surface area contributed by atoms with Gasteiger partial charge in [-0.1, -0.05) is 11.6 Å². The summed E-state index contributed by atoms with van der Waals surface area (Å²) in [6.07, 6.45) is 0. The highest BCUT2D eigenvalue weighted by Crippen LogP contribution is 2.26. The van der Waals surface area contributed by atoms with Crippen LogP contribution < -0.4 is 0 Å². The Morgan fingerprint density at radius 2 is 2.31 bits per heavy atom. The first-order valence-corrected chi connectivity index (χ1v) is 5.24. The topological polar surface area (TPSA) is 42.1 Å². The molecule has 1 rings (SSSR count). The number of aromatic amines is 1. The Balaban J connectivity index is 3.01. The van der Waals surface area contributed by atoms with Gasteiger partial charge in [0.05, 0.1) is 15.2 Å². The predicted octanol–water partition coefficient (Wildman–Crippen LogP) is 2.76. The third kappa shape index (κ3) is 2.17. The van der Waals surface area contributed by atoms with E-state index in [0.29, 0.717) is 17.3 Å². The van der Waals surface area contributed by atoms with Crippen LogP contribution in [0, 0.1) is 10.5 Å². The van der Waals surface area contributed by atoms with Gasteiger partial charge in [-0.15, -0.1) is 0 Å². The number of carbonyl (C=O) groups is 1. The molecule has 1 N–H and O–H groups in total. The average molecular weight is 314 g/mol. The Kier molecular flexibility index (Phi) is 3.61. The van der Waals surface area contributed by atoms with E-state index in [0.717, 1.165) is 9.26 Å². The maximum absolute atomic E-state index is 11.3. The summed E-state index contributed by atoms with van der Waals surface area (Å²) in [6.45, 7) is 3.94. The number of hydrogen-bond donors (Lipinski definition) is 1. The van der Waals surface area contributed by atoms with Crippen molar-refractivity contribution in [2.24, 2.45) is 0 Å². The predicted molar refractivity (Wildman–Crippen MR) is 59.2 cm³/mol. The number of aryl methyl sites for hydroxylation is 1. The van der Waals surface area contributed by atoms with Gasteiger partial charge in [-0.3, -0.25) is 0 Å². The monoisotopic (exact) mass is 313 g/mol. The van der Waals surface area contributed by atoms with Crippen molar-refractivity contribution in [3.05, 3.63) is 20.0 Å². The molecule has 0 aliphatic rings. The fourth-order valence-electron chi connectivity index (χ4n) is 0.916. The highest BCUT2D eigenvalue weighted by molar-refractivity contribution is 14.1. The molecule has 72 valence electrons. The van der Waals surface area contributed by atoms with Crippen molar-refractivity contribution in [1.82, 2.24) is 4.98 Å². The summed E-state index contributed by atoms with van der Waals surface area (Å²) in [7, 11) is 0. The first-order valence-electron chi connectivity index (χ1n) is 3.78. The number of nitrogens with one attached hydrogen (secondary N) is 1. The van der Waals surface area contributed by atoms with Crippen LogP contribution in [-0.2, 0) is 4.74 Å². The molecule has 5 heteroatoms. The summed E-state index contributed by atoms with van der Waals surface area (Å²) in [4.78, 5) is 14.2. The third-order valence-electron chi connectivity index (χ3n) is 1.53. The molecule has 0 saturated carbocycles. The van der Waals surface area contributed by atoms with Gasteiger partial charge in [-0.25, -0.2) is 4.79 Å². The van der Waals surface area contributed by atoms with Gasteiger partial charge in [0, 0.05) is 5.69 Å². The number of esters is 1. The van der Waals surface area contributed by atoms with E-state index >= 15 is 0 Å². The molecule has 0 spiro atoms. The quantitative estimate of drug-likeness (QED) is 0.674. The number of carbonyl (C=O) groups excluding carboxylic acids is 1. The van der Waals surface area contributed by atoms with Gasteiger partial charge >= 0.3 is 5.97 Å². The van der Waals surface area contributed by atoms with Crippen LogP contribution in [0.5, 0.6) is 0 Å². The molecule has 0 atom stereocenters. The van der Waals surface area contributed by atoms with Crippen molar-refractivity contribution in [3.8, 4) is 0 Å². The second-order valence-corrected chi connectivity index (χ2v) is 3.93. The SMILES string of the molecule is CCOC(=O)c1[nH]c(C)c(Cl)c1I. The third-order valence-corrected chi connectivity index (χ3v) is 3.40. The molecule has 3 nitrogen and oxygen atoms in total. The molecule has 13 heavy (non-hydrogen) atoms. The number of halogens is 2. The van der Waals surface area contributed by atoms with Gasteiger partial charge in [-0.2, -0.15) is 0 Å². The van der Waals surface area contributed by atoms with Gasteiger partial charge in [0.15, 0.2) is 0 Å². The summed E-state index contributed by atoms with van der Waals surface area (Å²) in [5.41, 5.74) is 1.22. The normalized spacial score (nSPS) is 10.2. The smallest absolute Gasteiger partial charge is 0.355 e. The largest absolute Gasteiger partial charge is 0.461 e. The van der Waals surface area contributed by atoms with Gasteiger partial charge in [0.2, 0.25) is 0 Å². The maximum Gasteiger partial charge on any atom is 0.355 e. The zero-order chi connectivity index (χ0) is 10.0. The molecule has 0 aliphatic carbocycles. The number of hydrogen-bond acceptors (Lipinski definition) is 2. The molecule has 1 aromatic heterocycles. The van der Waals surface area contributed by atoms with E-state index in [4.69, 9.17) is 16.3 Å². The van der Waals surface area contributed by atoms with E-state index in [2.05, 4.69) is 4.98 Å². The summed E-state index contributed by atoms with van der Waals surface area (Å²) >= 11 is 7.91. The van der Waals surface area contributed by atoms with E-state index in [9.17, 15) is 4.79 Å². The Bertz CT molecular complexity index is 335. The lowest BCUT2D eigenvalue weighted by molar-refractivity contribution is 0.0519. The molecular weight excluding hydrogens is 304 g/mol. The van der Waals surface area contributed by atoms with Crippen LogP contribution in [0.15, 0.2) is 0 Å². The molecule has 1 aromatic rings. The van der Waals surface area contributed by atoms with Crippen LogP contribution in [0.25, 0.3) is 0 Å². The van der Waals surface area contributed by atoms with Gasteiger partial charge in [-0.05, 0) is 36.4 Å². The fourth-order valence-corrected chi connectivity index (χ4v) is 1.82. The Morgan fingerprint density at radius 1 is 1.69 bits per heavy atom. The zero-order valence-electron chi connectivity index (χ0n) is 7.28. The van der Waals surface area contributed by atoms with Crippen LogP contribution in [-0.4, -0.2) is 17.6 Å². The van der Waals surface area contributed by atoms with Crippen molar-refractivity contribution < 1.29 is 9.53 Å². The van der Waals surface area contributed by atoms with Crippen molar-refractivity contribution in [1.29, 1.82) is 0 Å². The highest BCUT2D eigenvalue weighted by Gasteiger charge is 2.17. The summed E-state index contributed by atoms with van der Waals surface area (Å²) in [5.74, 6) is -0.359. The minimum absolute atomic E-state index is 0.359. The number of rotatable bonds is 2. The van der Waals surface area contributed by atoms with E-state index in [1.807, 2.05) is 29.5 Å². The minimum atomic E-state index is -0.359. The molecule has 0 fully saturated rings. The van der Waals surface area contributed by atoms with Crippen LogP contribution in [0.4, 0.5) is 0 Å². The second-order valence-electron chi connectivity index (χ2n) is 2.47. The van der Waals surface area contributed by atoms with Crippen LogP contribution >= 0.6 is 34.2 Å². The van der Waals surface area contributed by atoms with Crippen LogP contribution in [0.2, 0.25) is 5.02 Å². The lowest BCUT2D eigenvalue weighted by atomic mass is 10.4. The summed E-state index contributed by atoms with van der Waals surface area (Å²) < 4.78 is 5.56. The molecule has 1 heterocycles. The molecule has 0 saturated heterocycles. The Labute approximate surface area is 94.9 Å². The zero-order valence-corrected chi connectivity index (χ0v) is 10.2. The first-order chi connectivity index (χ1) is 6.07. The molecule has 0 aromatic carbocycles. The maximum atomic E-state index is 11.3. The number of H-pyrrole nitrogens is 1. The van der Waals surface area contributed by atoms with Crippen molar-refractivity contribution in [2.75, 3.05) is 6.61 Å². The minimum Gasteiger partial charge on any atom is -0.461 e. The number of aromatic nitrogens is 1. The Morgan fingerprint density at radius 3 is 2.69 bits per heavy atom. The van der Waals surface area contributed by atoms with Crippen LogP contribution in [0.3, 0.4) is 0 Å². The van der Waals surface area contributed by atoms with Gasteiger partial charge < -0.3 is 9.72 Å². The molecule has 0 aliphatic heterocycles. The van der Waals surface area contributed by atoms with Crippen molar-refractivity contribution >= 4 is 40.2 Å². The number of ether oxygens (including phenoxy) is 1. The second kappa shape index (κ2) is 4.32.